The Kier molecular flexibility index (Phi) is 5.88. The first-order valence-electron chi connectivity index (χ1n) is 10.4. The Labute approximate surface area is 178 Å². The van der Waals surface area contributed by atoms with Gasteiger partial charge in [-0.25, -0.2) is 18.3 Å². The van der Waals surface area contributed by atoms with Crippen molar-refractivity contribution in [1.29, 1.82) is 0 Å². The zero-order chi connectivity index (χ0) is 22.1. The van der Waals surface area contributed by atoms with Crippen molar-refractivity contribution in [2.24, 2.45) is 11.8 Å². The molecule has 0 bridgehead atoms. The summed E-state index contributed by atoms with van der Waals surface area (Å²) in [5.41, 5.74) is -0.102. The predicted octanol–water partition coefficient (Wildman–Crippen LogP) is 4.51. The van der Waals surface area contributed by atoms with E-state index in [9.17, 15) is 13.6 Å². The summed E-state index contributed by atoms with van der Waals surface area (Å²) < 4.78 is 35.6. The van der Waals surface area contributed by atoms with Gasteiger partial charge in [0.05, 0.1) is 18.8 Å². The van der Waals surface area contributed by atoms with Crippen LogP contribution in [0.15, 0.2) is 24.7 Å². The molecular formula is C21H26F2N6O2. The fraction of sp³-hybridized carbons (Fsp3) is 0.524. The van der Waals surface area contributed by atoms with Crippen molar-refractivity contribution in [3.05, 3.63) is 35.9 Å². The molecule has 31 heavy (non-hydrogen) atoms. The monoisotopic (exact) mass is 432 g/mol. The Bertz CT molecular complexity index is 1070. The van der Waals surface area contributed by atoms with Gasteiger partial charge >= 0.3 is 0 Å². The molecule has 1 aliphatic carbocycles. The average molecular weight is 432 g/mol. The Morgan fingerprint density at radius 1 is 1.23 bits per heavy atom. The molecule has 1 fully saturated rings. The number of halogens is 2. The van der Waals surface area contributed by atoms with Crippen molar-refractivity contribution in [1.82, 2.24) is 24.4 Å². The fourth-order valence-electron chi connectivity index (χ4n) is 4.28. The molecular weight excluding hydrogens is 406 g/mol. The quantitative estimate of drug-likeness (QED) is 0.619. The third-order valence-electron chi connectivity index (χ3n) is 6.06. The summed E-state index contributed by atoms with van der Waals surface area (Å²) in [5.74, 6) is 0.695. The van der Waals surface area contributed by atoms with E-state index in [1.807, 2.05) is 0 Å². The summed E-state index contributed by atoms with van der Waals surface area (Å²) in [6.07, 6.45) is 5.68. The lowest BCUT2D eigenvalue weighted by Crippen LogP contribution is -2.21. The Morgan fingerprint density at radius 2 is 1.97 bits per heavy atom. The minimum atomic E-state index is -2.81. The van der Waals surface area contributed by atoms with E-state index in [4.69, 9.17) is 4.74 Å². The Morgan fingerprint density at radius 3 is 2.61 bits per heavy atom. The smallest absolute Gasteiger partial charge is 0.284 e. The lowest BCUT2D eigenvalue weighted by atomic mass is 9.80. The lowest BCUT2D eigenvalue weighted by Gasteiger charge is -2.30. The van der Waals surface area contributed by atoms with Crippen LogP contribution in [-0.4, -0.2) is 37.4 Å². The number of aromatic nitrogens is 5. The third kappa shape index (κ3) is 4.11. The summed E-state index contributed by atoms with van der Waals surface area (Å²) in [6, 6.07) is 1.71. The number of hydrogen-bond donors (Lipinski definition) is 1. The normalized spacial score (nSPS) is 19.3. The number of rotatable bonds is 6. The number of hydrogen-bond acceptors (Lipinski definition) is 5. The second-order valence-corrected chi connectivity index (χ2v) is 8.25. The number of anilines is 1. The molecule has 10 heteroatoms. The summed E-state index contributed by atoms with van der Waals surface area (Å²) in [7, 11) is 1.38. The van der Waals surface area contributed by atoms with E-state index in [2.05, 4.69) is 34.3 Å². The van der Waals surface area contributed by atoms with Crippen molar-refractivity contribution in [3.8, 4) is 5.88 Å². The van der Waals surface area contributed by atoms with Gasteiger partial charge in [0, 0.05) is 18.6 Å². The van der Waals surface area contributed by atoms with Crippen molar-refractivity contribution in [2.45, 2.75) is 52.0 Å². The molecule has 0 radical (unpaired) electrons. The topological polar surface area (TPSA) is 86.3 Å². The molecule has 1 saturated carbocycles. The zero-order valence-electron chi connectivity index (χ0n) is 17.8. The van der Waals surface area contributed by atoms with E-state index in [-0.39, 0.29) is 28.8 Å². The van der Waals surface area contributed by atoms with Crippen LogP contribution in [0.25, 0.3) is 5.65 Å². The van der Waals surface area contributed by atoms with Gasteiger partial charge in [-0.3, -0.25) is 9.48 Å². The number of amides is 1. The lowest BCUT2D eigenvalue weighted by molar-refractivity contribution is 0.102. The molecule has 0 aliphatic heterocycles. The molecule has 0 saturated heterocycles. The number of carbonyl (C=O) groups is 1. The Balaban J connectivity index is 1.60. The van der Waals surface area contributed by atoms with E-state index < -0.39 is 18.0 Å². The third-order valence-corrected chi connectivity index (χ3v) is 6.06. The Hall–Kier alpha value is -3.04. The minimum absolute atomic E-state index is 0.0108. The highest BCUT2D eigenvalue weighted by atomic mass is 19.3. The van der Waals surface area contributed by atoms with Crippen molar-refractivity contribution < 1.29 is 18.3 Å². The van der Waals surface area contributed by atoms with E-state index in [1.54, 1.807) is 16.9 Å². The van der Waals surface area contributed by atoms with Gasteiger partial charge in [-0.15, -0.1) is 5.10 Å². The molecule has 1 aliphatic rings. The van der Waals surface area contributed by atoms with Gasteiger partial charge in [0.2, 0.25) is 5.88 Å². The summed E-state index contributed by atoms with van der Waals surface area (Å²) in [4.78, 5) is 17.1. The van der Waals surface area contributed by atoms with Crippen molar-refractivity contribution in [3.63, 3.8) is 0 Å². The molecule has 0 atom stereocenters. The predicted molar refractivity (Wildman–Crippen MR) is 111 cm³/mol. The maximum atomic E-state index is 13.7. The fourth-order valence-corrected chi connectivity index (χ4v) is 4.28. The molecule has 0 aromatic carbocycles. The van der Waals surface area contributed by atoms with Crippen LogP contribution in [0.3, 0.4) is 0 Å². The van der Waals surface area contributed by atoms with Gasteiger partial charge in [0.1, 0.15) is 5.56 Å². The van der Waals surface area contributed by atoms with E-state index in [0.29, 0.717) is 11.8 Å². The van der Waals surface area contributed by atoms with Crippen LogP contribution >= 0.6 is 0 Å². The first kappa shape index (κ1) is 21.2. The average Bonchev–Trinajstić information content (AvgIpc) is 3.35. The van der Waals surface area contributed by atoms with Gasteiger partial charge in [-0.2, -0.15) is 5.10 Å². The van der Waals surface area contributed by atoms with Crippen molar-refractivity contribution in [2.75, 3.05) is 12.4 Å². The molecule has 3 aromatic rings. The van der Waals surface area contributed by atoms with Crippen LogP contribution in [0.1, 0.15) is 68.0 Å². The SMILES string of the molecule is COc1nn2cccnc2c1C(=O)Nc1cn(C2CCC(C(C)C)CC2)nc1C(F)F. The van der Waals surface area contributed by atoms with Crippen molar-refractivity contribution >= 4 is 17.2 Å². The molecule has 1 amide bonds. The van der Waals surface area contributed by atoms with Crippen LogP contribution < -0.4 is 10.1 Å². The highest BCUT2D eigenvalue weighted by Crippen LogP contribution is 2.37. The molecule has 0 unspecified atom stereocenters. The van der Waals surface area contributed by atoms with Crippen LogP contribution in [0.5, 0.6) is 5.88 Å². The number of nitrogens with one attached hydrogen (secondary N) is 1. The van der Waals surface area contributed by atoms with E-state index >= 15 is 0 Å². The van der Waals surface area contributed by atoms with E-state index in [1.165, 1.54) is 24.0 Å². The molecule has 0 spiro atoms. The van der Waals surface area contributed by atoms with Gasteiger partial charge in [-0.05, 0) is 43.6 Å². The van der Waals surface area contributed by atoms with E-state index in [0.717, 1.165) is 25.7 Å². The first-order valence-corrected chi connectivity index (χ1v) is 10.4. The first-order chi connectivity index (χ1) is 14.9. The van der Waals surface area contributed by atoms with Crippen LogP contribution in [0, 0.1) is 11.8 Å². The van der Waals surface area contributed by atoms with Gasteiger partial charge in [0.15, 0.2) is 11.3 Å². The zero-order valence-corrected chi connectivity index (χ0v) is 17.8. The van der Waals surface area contributed by atoms with Gasteiger partial charge in [-0.1, -0.05) is 13.8 Å². The summed E-state index contributed by atoms with van der Waals surface area (Å²) in [5, 5.41) is 10.9. The summed E-state index contributed by atoms with van der Waals surface area (Å²) in [6.45, 7) is 4.43. The number of carbonyl (C=O) groups excluding carboxylic acids is 1. The number of ether oxygens (including phenoxy) is 1. The maximum absolute atomic E-state index is 13.7. The molecule has 166 valence electrons. The molecule has 3 aromatic heterocycles. The number of nitrogens with zero attached hydrogens (tertiary/aromatic N) is 5. The highest BCUT2D eigenvalue weighted by molar-refractivity contribution is 6.10. The molecule has 4 rings (SSSR count). The number of alkyl halides is 2. The molecule has 1 N–H and O–H groups in total. The maximum Gasteiger partial charge on any atom is 0.284 e. The van der Waals surface area contributed by atoms with Crippen LogP contribution in [0.2, 0.25) is 0 Å². The second kappa shape index (κ2) is 8.60. The molecule has 3 heterocycles. The van der Waals surface area contributed by atoms with Crippen LogP contribution in [0.4, 0.5) is 14.5 Å². The minimum Gasteiger partial charge on any atom is -0.479 e. The van der Waals surface area contributed by atoms with Crippen LogP contribution in [-0.2, 0) is 0 Å². The highest BCUT2D eigenvalue weighted by Gasteiger charge is 2.29. The molecule has 8 nitrogen and oxygen atoms in total. The standard InChI is InChI=1S/C21H26F2N6O2/c1-12(2)13-5-7-14(8-6-13)29-11-15(17(26-29)18(22)23)25-20(30)16-19-24-9-4-10-28(19)27-21(16)31-3/h4,9-14,18H,5-8H2,1-3H3,(H,25,30). The largest absolute Gasteiger partial charge is 0.479 e. The number of fused-ring (bicyclic) bond motifs is 1. The second-order valence-electron chi connectivity index (χ2n) is 8.25. The van der Waals surface area contributed by atoms with Gasteiger partial charge < -0.3 is 10.1 Å². The van der Waals surface area contributed by atoms with Gasteiger partial charge in [0.25, 0.3) is 12.3 Å². The number of methoxy groups -OCH3 is 1. The summed E-state index contributed by atoms with van der Waals surface area (Å²) >= 11 is 0.